The summed E-state index contributed by atoms with van der Waals surface area (Å²) in [6, 6.07) is 13.7. The number of rotatable bonds is 5. The van der Waals surface area contributed by atoms with Crippen LogP contribution in [-0.4, -0.2) is 31.6 Å². The fourth-order valence-electron chi connectivity index (χ4n) is 2.52. The molecule has 1 aliphatic rings. The lowest BCUT2D eigenvalue weighted by molar-refractivity contribution is -0.0441. The van der Waals surface area contributed by atoms with Crippen molar-refractivity contribution in [1.29, 1.82) is 0 Å². The minimum Gasteiger partial charge on any atom is -0.462 e. The number of ether oxygens (including phenoxy) is 3. The molecule has 0 spiro atoms. The van der Waals surface area contributed by atoms with Crippen molar-refractivity contribution in [1.82, 2.24) is 0 Å². The molecule has 0 unspecified atom stereocenters. The number of carbonyl (C=O) groups excluding carboxylic acids is 2. The summed E-state index contributed by atoms with van der Waals surface area (Å²) in [7, 11) is 0. The Hall–Kier alpha value is -2.50. The molecule has 0 N–H and O–H groups in total. The summed E-state index contributed by atoms with van der Waals surface area (Å²) >= 11 is 0. The van der Waals surface area contributed by atoms with E-state index in [1.165, 1.54) is 0 Å². The molecule has 24 heavy (non-hydrogen) atoms. The first-order valence-corrected chi connectivity index (χ1v) is 7.84. The molecule has 1 saturated heterocycles. The van der Waals surface area contributed by atoms with E-state index in [2.05, 4.69) is 0 Å². The molecule has 3 rings (SSSR count). The van der Waals surface area contributed by atoms with E-state index >= 15 is 0 Å². The van der Waals surface area contributed by atoms with Crippen LogP contribution >= 0.6 is 0 Å². The largest absolute Gasteiger partial charge is 0.462 e. The van der Waals surface area contributed by atoms with E-state index in [-0.39, 0.29) is 5.78 Å². The third kappa shape index (κ3) is 3.53. The molecule has 1 heterocycles. The summed E-state index contributed by atoms with van der Waals surface area (Å²) in [6.07, 6.45) is -0.413. The van der Waals surface area contributed by atoms with Gasteiger partial charge in [0.2, 0.25) is 0 Å². The molecule has 5 nitrogen and oxygen atoms in total. The average Bonchev–Trinajstić information content (AvgIpc) is 3.16. The van der Waals surface area contributed by atoms with Gasteiger partial charge in [-0.25, -0.2) is 4.79 Å². The molecular weight excluding hydrogens is 308 g/mol. The quantitative estimate of drug-likeness (QED) is 0.624. The van der Waals surface area contributed by atoms with Crippen molar-refractivity contribution in [2.24, 2.45) is 0 Å². The standard InChI is InChI=1S/C19H18O5/c1-2-22-18(21)14-8-6-13(7-9-14)17(20)15-4-3-5-16(12-15)19-23-10-11-24-19/h3-9,12,19H,2,10-11H2,1H3. The molecule has 1 fully saturated rings. The van der Waals surface area contributed by atoms with E-state index in [0.717, 1.165) is 5.56 Å². The number of esters is 1. The van der Waals surface area contributed by atoms with Crippen LogP contribution in [0.2, 0.25) is 0 Å². The SMILES string of the molecule is CCOC(=O)c1ccc(C(=O)c2cccc(C3OCCO3)c2)cc1. The monoisotopic (exact) mass is 326 g/mol. The molecule has 0 radical (unpaired) electrons. The van der Waals surface area contributed by atoms with Crippen molar-refractivity contribution in [3.8, 4) is 0 Å². The molecular formula is C19H18O5. The molecule has 0 aliphatic carbocycles. The fraction of sp³-hybridized carbons (Fsp3) is 0.263. The minimum atomic E-state index is -0.413. The molecule has 0 aromatic heterocycles. The molecule has 124 valence electrons. The lowest BCUT2D eigenvalue weighted by Gasteiger charge is -2.10. The summed E-state index contributed by atoms with van der Waals surface area (Å²) in [4.78, 5) is 24.3. The summed E-state index contributed by atoms with van der Waals surface area (Å²) < 4.78 is 15.9. The highest BCUT2D eigenvalue weighted by atomic mass is 16.7. The minimum absolute atomic E-state index is 0.120. The summed E-state index contributed by atoms with van der Waals surface area (Å²) in [5.41, 5.74) is 2.31. The molecule has 0 amide bonds. The maximum atomic E-state index is 12.6. The molecule has 0 bridgehead atoms. The van der Waals surface area contributed by atoms with Crippen molar-refractivity contribution in [2.75, 3.05) is 19.8 Å². The zero-order chi connectivity index (χ0) is 16.9. The Bertz CT molecular complexity index is 730. The van der Waals surface area contributed by atoms with Gasteiger partial charge in [0.15, 0.2) is 12.1 Å². The van der Waals surface area contributed by atoms with Crippen LogP contribution in [0.3, 0.4) is 0 Å². The van der Waals surface area contributed by atoms with E-state index in [1.807, 2.05) is 6.07 Å². The summed E-state index contributed by atoms with van der Waals surface area (Å²) in [6.45, 7) is 3.18. The van der Waals surface area contributed by atoms with E-state index in [9.17, 15) is 9.59 Å². The van der Waals surface area contributed by atoms with Crippen molar-refractivity contribution in [2.45, 2.75) is 13.2 Å². The topological polar surface area (TPSA) is 61.8 Å². The highest BCUT2D eigenvalue weighted by Crippen LogP contribution is 2.24. The molecule has 0 atom stereocenters. The van der Waals surface area contributed by atoms with Crippen LogP contribution in [0, 0.1) is 0 Å². The van der Waals surface area contributed by atoms with E-state index in [1.54, 1.807) is 49.4 Å². The lowest BCUT2D eigenvalue weighted by atomic mass is 10.00. The van der Waals surface area contributed by atoms with Crippen molar-refractivity contribution in [3.05, 3.63) is 70.8 Å². The Labute approximate surface area is 140 Å². The molecule has 2 aromatic carbocycles. The van der Waals surface area contributed by atoms with Gasteiger partial charge in [0.05, 0.1) is 25.4 Å². The first-order valence-electron chi connectivity index (χ1n) is 7.84. The van der Waals surface area contributed by atoms with Gasteiger partial charge in [-0.05, 0) is 25.1 Å². The molecule has 5 heteroatoms. The van der Waals surface area contributed by atoms with Crippen LogP contribution in [0.15, 0.2) is 48.5 Å². The zero-order valence-corrected chi connectivity index (χ0v) is 13.4. The van der Waals surface area contributed by atoms with Gasteiger partial charge in [-0.1, -0.05) is 30.3 Å². The maximum absolute atomic E-state index is 12.6. The maximum Gasteiger partial charge on any atom is 0.338 e. The number of carbonyl (C=O) groups is 2. The second-order valence-electron chi connectivity index (χ2n) is 5.33. The van der Waals surface area contributed by atoms with Gasteiger partial charge in [0.1, 0.15) is 0 Å². The van der Waals surface area contributed by atoms with Crippen LogP contribution in [0.4, 0.5) is 0 Å². The summed E-state index contributed by atoms with van der Waals surface area (Å²) in [5.74, 6) is -0.515. The summed E-state index contributed by atoms with van der Waals surface area (Å²) in [5, 5.41) is 0. The van der Waals surface area contributed by atoms with Crippen LogP contribution < -0.4 is 0 Å². The van der Waals surface area contributed by atoms with Gasteiger partial charge < -0.3 is 14.2 Å². The molecule has 0 saturated carbocycles. The number of hydrogen-bond acceptors (Lipinski definition) is 5. The first kappa shape index (κ1) is 16.4. The number of benzene rings is 2. The second-order valence-corrected chi connectivity index (χ2v) is 5.33. The van der Waals surface area contributed by atoms with Crippen molar-refractivity contribution < 1.29 is 23.8 Å². The second kappa shape index (κ2) is 7.38. The van der Waals surface area contributed by atoms with Crippen LogP contribution in [-0.2, 0) is 14.2 Å². The van der Waals surface area contributed by atoms with E-state index in [4.69, 9.17) is 14.2 Å². The Kier molecular flexibility index (Phi) is 5.03. The van der Waals surface area contributed by atoms with Crippen LogP contribution in [0.1, 0.15) is 45.1 Å². The van der Waals surface area contributed by atoms with Gasteiger partial charge in [0.25, 0.3) is 0 Å². The zero-order valence-electron chi connectivity index (χ0n) is 13.4. The predicted octanol–water partition coefficient (Wildman–Crippen LogP) is 3.14. The number of hydrogen-bond donors (Lipinski definition) is 0. The average molecular weight is 326 g/mol. The van der Waals surface area contributed by atoms with E-state index < -0.39 is 12.3 Å². The predicted molar refractivity (Wildman–Crippen MR) is 86.9 cm³/mol. The van der Waals surface area contributed by atoms with Gasteiger partial charge in [-0.3, -0.25) is 4.79 Å². The third-order valence-electron chi connectivity index (χ3n) is 3.70. The Morgan fingerprint density at radius 3 is 2.33 bits per heavy atom. The van der Waals surface area contributed by atoms with Gasteiger partial charge >= 0.3 is 5.97 Å². The Morgan fingerprint density at radius 1 is 1.00 bits per heavy atom. The number of ketones is 1. The van der Waals surface area contributed by atoms with E-state index in [0.29, 0.717) is 36.5 Å². The first-order chi connectivity index (χ1) is 11.7. The van der Waals surface area contributed by atoms with Crippen molar-refractivity contribution in [3.63, 3.8) is 0 Å². The normalized spacial score (nSPS) is 14.5. The third-order valence-corrected chi connectivity index (χ3v) is 3.70. The highest BCUT2D eigenvalue weighted by Gasteiger charge is 2.20. The Balaban J connectivity index is 1.78. The fourth-order valence-corrected chi connectivity index (χ4v) is 2.52. The highest BCUT2D eigenvalue weighted by molar-refractivity contribution is 6.09. The Morgan fingerprint density at radius 2 is 1.67 bits per heavy atom. The molecule has 1 aliphatic heterocycles. The lowest BCUT2D eigenvalue weighted by Crippen LogP contribution is -2.07. The molecule has 2 aromatic rings. The smallest absolute Gasteiger partial charge is 0.338 e. The van der Waals surface area contributed by atoms with Gasteiger partial charge in [-0.15, -0.1) is 0 Å². The van der Waals surface area contributed by atoms with Gasteiger partial charge in [0, 0.05) is 16.7 Å². The van der Waals surface area contributed by atoms with Crippen molar-refractivity contribution >= 4 is 11.8 Å². The van der Waals surface area contributed by atoms with Gasteiger partial charge in [-0.2, -0.15) is 0 Å². The van der Waals surface area contributed by atoms with Crippen LogP contribution in [0.5, 0.6) is 0 Å². The van der Waals surface area contributed by atoms with Crippen LogP contribution in [0.25, 0.3) is 0 Å².